The lowest BCUT2D eigenvalue weighted by atomic mass is 9.73. The number of rotatable bonds is 7. The Morgan fingerprint density at radius 3 is 1.83 bits per heavy atom. The minimum absolute atomic E-state index is 0.138. The predicted molar refractivity (Wildman–Crippen MR) is 153 cm³/mol. The summed E-state index contributed by atoms with van der Waals surface area (Å²) in [5.74, 6) is 2.24. The number of carbonyl (C=O) groups excluding carboxylic acids is 1. The molecule has 2 heterocycles. The van der Waals surface area contributed by atoms with Gasteiger partial charge < -0.3 is 33.5 Å². The lowest BCUT2D eigenvalue weighted by molar-refractivity contribution is -0.000295. The largest absolute Gasteiger partial charge is 0.497 e. The van der Waals surface area contributed by atoms with E-state index in [4.69, 9.17) is 28.4 Å². The molecule has 0 aromatic heterocycles. The van der Waals surface area contributed by atoms with Gasteiger partial charge in [0.2, 0.25) is 13.6 Å². The van der Waals surface area contributed by atoms with Gasteiger partial charge in [-0.3, -0.25) is 4.79 Å². The number of benzene rings is 4. The van der Waals surface area contributed by atoms with E-state index in [1.807, 2.05) is 60.7 Å². The van der Waals surface area contributed by atoms with Crippen molar-refractivity contribution in [2.24, 2.45) is 5.92 Å². The molecule has 1 N–H and O–H groups in total. The number of aliphatic hydroxyl groups is 1. The second-order valence-electron chi connectivity index (χ2n) is 10.8. The maximum absolute atomic E-state index is 14.6. The third kappa shape index (κ3) is 4.30. The van der Waals surface area contributed by atoms with Crippen molar-refractivity contribution in [1.82, 2.24) is 0 Å². The number of fused-ring (bicyclic) bond motifs is 2. The summed E-state index contributed by atoms with van der Waals surface area (Å²) >= 11 is 0. The Hall–Kier alpha value is -4.69. The van der Waals surface area contributed by atoms with E-state index in [1.54, 1.807) is 38.5 Å². The maximum atomic E-state index is 14.6. The van der Waals surface area contributed by atoms with Crippen LogP contribution in [0.1, 0.15) is 45.3 Å². The first-order valence-electron chi connectivity index (χ1n) is 13.8. The number of hydrogen-bond donors (Lipinski definition) is 1. The van der Waals surface area contributed by atoms with Gasteiger partial charge in [-0.15, -0.1) is 0 Å². The Morgan fingerprint density at radius 2 is 1.24 bits per heavy atom. The first kappa shape index (κ1) is 26.2. The van der Waals surface area contributed by atoms with Crippen LogP contribution in [0.5, 0.6) is 34.5 Å². The van der Waals surface area contributed by atoms with Gasteiger partial charge in [0.1, 0.15) is 17.1 Å². The zero-order chi connectivity index (χ0) is 28.8. The summed E-state index contributed by atoms with van der Waals surface area (Å²) in [5.41, 5.74) is 1.44. The van der Waals surface area contributed by atoms with Crippen molar-refractivity contribution in [3.05, 3.63) is 107 Å². The molecule has 0 unspecified atom stereocenters. The topological polar surface area (TPSA) is 92.7 Å². The number of carbonyl (C=O) groups is 1. The van der Waals surface area contributed by atoms with Gasteiger partial charge in [0.05, 0.1) is 20.1 Å². The molecule has 0 saturated heterocycles. The highest BCUT2D eigenvalue weighted by Crippen LogP contribution is 2.60. The van der Waals surface area contributed by atoms with Crippen LogP contribution in [0.4, 0.5) is 0 Å². The van der Waals surface area contributed by atoms with Crippen molar-refractivity contribution >= 4 is 5.78 Å². The average Bonchev–Trinajstić information content (AvgIpc) is 3.77. The molecular formula is C34H30O8. The molecule has 4 aromatic carbocycles. The molecular weight excluding hydrogens is 536 g/mol. The molecule has 2 aliphatic heterocycles. The lowest BCUT2D eigenvalue weighted by Crippen LogP contribution is -2.38. The van der Waals surface area contributed by atoms with E-state index in [-0.39, 0.29) is 25.3 Å². The van der Waals surface area contributed by atoms with E-state index in [9.17, 15) is 9.90 Å². The van der Waals surface area contributed by atoms with Gasteiger partial charge in [-0.05, 0) is 89.7 Å². The Balaban J connectivity index is 1.41. The van der Waals surface area contributed by atoms with Crippen molar-refractivity contribution in [3.8, 4) is 34.5 Å². The Labute approximate surface area is 243 Å². The molecule has 8 nitrogen and oxygen atoms in total. The summed E-state index contributed by atoms with van der Waals surface area (Å²) in [6.07, 6.45) is 0.296. The van der Waals surface area contributed by atoms with Gasteiger partial charge in [0.25, 0.3) is 0 Å². The molecule has 7 rings (SSSR count). The van der Waals surface area contributed by atoms with Crippen molar-refractivity contribution in [1.29, 1.82) is 0 Å². The molecule has 0 bridgehead atoms. The monoisotopic (exact) mass is 566 g/mol. The number of methoxy groups -OCH3 is 2. The third-order valence-corrected chi connectivity index (χ3v) is 8.69. The van der Waals surface area contributed by atoms with Gasteiger partial charge in [-0.2, -0.15) is 0 Å². The van der Waals surface area contributed by atoms with Gasteiger partial charge >= 0.3 is 0 Å². The van der Waals surface area contributed by atoms with Gasteiger partial charge in [-0.1, -0.05) is 24.3 Å². The van der Waals surface area contributed by atoms with Crippen LogP contribution in [-0.4, -0.2) is 38.7 Å². The van der Waals surface area contributed by atoms with Gasteiger partial charge in [-0.25, -0.2) is 0 Å². The van der Waals surface area contributed by atoms with Crippen LogP contribution in [0.15, 0.2) is 84.9 Å². The number of ether oxygens (including phenoxy) is 6. The third-order valence-electron chi connectivity index (χ3n) is 8.69. The summed E-state index contributed by atoms with van der Waals surface area (Å²) in [6, 6.07) is 25.9. The van der Waals surface area contributed by atoms with E-state index in [1.165, 1.54) is 0 Å². The van der Waals surface area contributed by atoms with E-state index >= 15 is 0 Å². The Bertz CT molecular complexity index is 1630. The fourth-order valence-electron chi connectivity index (χ4n) is 6.62. The summed E-state index contributed by atoms with van der Waals surface area (Å²) in [6.45, 7) is 0.294. The standard InChI is InChI=1S/C34H30O8/c1-37-24-9-3-20(4-10-24)33(35)32-31(22-6-14-28-30(16-22)42-19-40-28)26(21-5-13-27-29(15-21)41-18-39-27)17-34(32,36)23-7-11-25(38-2)12-8-23/h3-16,26,31-32,36H,17-19H2,1-2H3/t26-,31-,32-,34+/m1/s1. The fourth-order valence-corrected chi connectivity index (χ4v) is 6.62. The van der Waals surface area contributed by atoms with E-state index in [0.717, 1.165) is 11.1 Å². The molecule has 0 spiro atoms. The molecule has 1 fully saturated rings. The molecule has 4 atom stereocenters. The van der Waals surface area contributed by atoms with Crippen LogP contribution in [-0.2, 0) is 5.60 Å². The Morgan fingerprint density at radius 1 is 0.714 bits per heavy atom. The maximum Gasteiger partial charge on any atom is 0.231 e. The highest BCUT2D eigenvalue weighted by Gasteiger charge is 2.57. The molecule has 1 saturated carbocycles. The van der Waals surface area contributed by atoms with Crippen LogP contribution >= 0.6 is 0 Å². The molecule has 1 aliphatic carbocycles. The highest BCUT2D eigenvalue weighted by atomic mass is 16.7. The normalized spacial score (nSPS) is 23.5. The molecule has 3 aliphatic rings. The smallest absolute Gasteiger partial charge is 0.231 e. The molecule has 4 aromatic rings. The summed E-state index contributed by atoms with van der Waals surface area (Å²) < 4.78 is 33.3. The van der Waals surface area contributed by atoms with Crippen molar-refractivity contribution in [2.45, 2.75) is 23.9 Å². The SMILES string of the molecule is COc1ccc(C(=O)[C@H]2[C@H](c3ccc4c(c3)OCO4)[C@@H](c3ccc4c(c3)OCO4)C[C@]2(O)c2ccc(OC)cc2)cc1. The predicted octanol–water partition coefficient (Wildman–Crippen LogP) is 5.82. The summed E-state index contributed by atoms with van der Waals surface area (Å²) in [4.78, 5) is 14.6. The number of Topliss-reactive ketones (excluding diaryl/α,β-unsaturated/α-hetero) is 1. The van der Waals surface area contributed by atoms with Crippen LogP contribution in [0.2, 0.25) is 0 Å². The second kappa shape index (κ2) is 10.3. The Kier molecular flexibility index (Phi) is 6.43. The van der Waals surface area contributed by atoms with Gasteiger partial charge in [0, 0.05) is 11.5 Å². The summed E-state index contributed by atoms with van der Waals surface area (Å²) in [5, 5.41) is 12.8. The summed E-state index contributed by atoms with van der Waals surface area (Å²) in [7, 11) is 3.18. The van der Waals surface area contributed by atoms with Crippen LogP contribution in [0.3, 0.4) is 0 Å². The molecule has 214 valence electrons. The lowest BCUT2D eigenvalue weighted by Gasteiger charge is -2.33. The molecule has 0 radical (unpaired) electrons. The number of ketones is 1. The average molecular weight is 567 g/mol. The van der Waals surface area contributed by atoms with Crippen molar-refractivity contribution in [3.63, 3.8) is 0 Å². The minimum Gasteiger partial charge on any atom is -0.497 e. The van der Waals surface area contributed by atoms with Crippen LogP contribution in [0, 0.1) is 5.92 Å². The zero-order valence-corrected chi connectivity index (χ0v) is 23.2. The van der Waals surface area contributed by atoms with E-state index in [2.05, 4.69) is 0 Å². The van der Waals surface area contributed by atoms with Crippen molar-refractivity contribution < 1.29 is 38.3 Å². The molecule has 8 heteroatoms. The van der Waals surface area contributed by atoms with Crippen LogP contribution < -0.4 is 28.4 Å². The number of hydrogen-bond acceptors (Lipinski definition) is 8. The first-order valence-corrected chi connectivity index (χ1v) is 13.8. The second-order valence-corrected chi connectivity index (χ2v) is 10.8. The molecule has 0 amide bonds. The fraction of sp³-hybridized carbons (Fsp3) is 0.265. The van der Waals surface area contributed by atoms with E-state index in [0.29, 0.717) is 52.0 Å². The highest BCUT2D eigenvalue weighted by molar-refractivity contribution is 6.00. The quantitative estimate of drug-likeness (QED) is 0.280. The van der Waals surface area contributed by atoms with E-state index < -0.39 is 17.4 Å². The zero-order valence-electron chi connectivity index (χ0n) is 23.2. The van der Waals surface area contributed by atoms with Gasteiger partial charge in [0.15, 0.2) is 28.8 Å². The minimum atomic E-state index is -1.51. The van der Waals surface area contributed by atoms with Crippen LogP contribution in [0.25, 0.3) is 0 Å². The first-order chi connectivity index (χ1) is 20.5. The molecule has 42 heavy (non-hydrogen) atoms. The van der Waals surface area contributed by atoms with Crippen molar-refractivity contribution in [2.75, 3.05) is 27.8 Å².